The normalized spacial score (nSPS) is 12.8. The molecule has 5 nitrogen and oxygen atoms in total. The third-order valence-electron chi connectivity index (χ3n) is 4.29. The minimum atomic E-state index is -0.116. The van der Waals surface area contributed by atoms with Gasteiger partial charge in [-0.3, -0.25) is 4.79 Å². The van der Waals surface area contributed by atoms with E-state index in [-0.39, 0.29) is 5.91 Å². The number of hydrogen-bond acceptors (Lipinski definition) is 4. The highest BCUT2D eigenvalue weighted by molar-refractivity contribution is 6.06. The topological polar surface area (TPSA) is 58.1 Å². The zero-order valence-electron chi connectivity index (χ0n) is 13.9. The van der Waals surface area contributed by atoms with E-state index in [0.29, 0.717) is 11.5 Å². The molecule has 0 unspecified atom stereocenters. The molecule has 0 saturated carbocycles. The summed E-state index contributed by atoms with van der Waals surface area (Å²) >= 11 is 0. The van der Waals surface area contributed by atoms with E-state index in [0.717, 1.165) is 29.9 Å². The molecule has 1 aliphatic rings. The molecule has 0 saturated heterocycles. The molecule has 2 heterocycles. The minimum absolute atomic E-state index is 0.116. The second kappa shape index (κ2) is 6.36. The fourth-order valence-corrected chi connectivity index (χ4v) is 3.22. The van der Waals surface area contributed by atoms with Crippen molar-refractivity contribution in [2.24, 2.45) is 0 Å². The first-order valence-electron chi connectivity index (χ1n) is 8.27. The van der Waals surface area contributed by atoms with Crippen LogP contribution in [0.2, 0.25) is 0 Å². The average Bonchev–Trinajstić information content (AvgIpc) is 3.07. The molecule has 124 valence electrons. The number of carbonyl (C=O) groups is 1. The standard InChI is InChI=1S/C20H18N4O/c1-14-12-16-8-11-24(20-21-9-5-10-22-20)18(16)17(13-14)23-19(25)15-6-3-2-4-7-15/h2-7,9-10,12-13H,8,11H2,1H3,(H,23,25). The zero-order valence-corrected chi connectivity index (χ0v) is 13.9. The summed E-state index contributed by atoms with van der Waals surface area (Å²) in [6.07, 6.45) is 4.37. The van der Waals surface area contributed by atoms with E-state index < -0.39 is 0 Å². The van der Waals surface area contributed by atoms with Gasteiger partial charge in [-0.2, -0.15) is 0 Å². The number of amides is 1. The highest BCUT2D eigenvalue weighted by atomic mass is 16.1. The first kappa shape index (κ1) is 15.3. The number of hydrogen-bond donors (Lipinski definition) is 1. The number of anilines is 3. The van der Waals surface area contributed by atoms with E-state index in [1.54, 1.807) is 18.5 Å². The lowest BCUT2D eigenvalue weighted by Gasteiger charge is -2.21. The Balaban J connectivity index is 1.73. The number of nitrogens with zero attached hydrogens (tertiary/aromatic N) is 3. The Morgan fingerprint density at radius 2 is 1.84 bits per heavy atom. The van der Waals surface area contributed by atoms with Gasteiger partial charge in [0.05, 0.1) is 11.4 Å². The molecule has 0 atom stereocenters. The summed E-state index contributed by atoms with van der Waals surface area (Å²) < 4.78 is 0. The Morgan fingerprint density at radius 3 is 2.60 bits per heavy atom. The van der Waals surface area contributed by atoms with Crippen LogP contribution in [0.5, 0.6) is 0 Å². The fraction of sp³-hybridized carbons (Fsp3) is 0.150. The van der Waals surface area contributed by atoms with Crippen LogP contribution in [0.3, 0.4) is 0 Å². The van der Waals surface area contributed by atoms with Crippen LogP contribution in [0.25, 0.3) is 0 Å². The second-order valence-corrected chi connectivity index (χ2v) is 6.09. The maximum absolute atomic E-state index is 12.6. The van der Waals surface area contributed by atoms with Gasteiger partial charge in [-0.05, 0) is 48.7 Å². The first-order chi connectivity index (χ1) is 12.2. The number of aromatic nitrogens is 2. The molecular weight excluding hydrogens is 312 g/mol. The van der Waals surface area contributed by atoms with Gasteiger partial charge in [0, 0.05) is 24.5 Å². The Bertz CT molecular complexity index is 910. The molecule has 1 aliphatic heterocycles. The fourth-order valence-electron chi connectivity index (χ4n) is 3.22. The predicted octanol–water partition coefficient (Wildman–Crippen LogP) is 3.73. The summed E-state index contributed by atoms with van der Waals surface area (Å²) in [4.78, 5) is 23.4. The molecule has 1 N–H and O–H groups in total. The molecule has 5 heteroatoms. The summed E-state index contributed by atoms with van der Waals surface area (Å²) in [5, 5.41) is 3.06. The van der Waals surface area contributed by atoms with Crippen LogP contribution in [-0.2, 0) is 6.42 Å². The van der Waals surface area contributed by atoms with E-state index >= 15 is 0 Å². The van der Waals surface area contributed by atoms with Crippen LogP contribution in [0, 0.1) is 6.92 Å². The Kier molecular flexibility index (Phi) is 3.90. The monoisotopic (exact) mass is 330 g/mol. The van der Waals surface area contributed by atoms with Gasteiger partial charge in [0.1, 0.15) is 0 Å². The highest BCUT2D eigenvalue weighted by Gasteiger charge is 2.26. The zero-order chi connectivity index (χ0) is 17.2. The molecule has 1 amide bonds. The molecular formula is C20H18N4O. The van der Waals surface area contributed by atoms with Crippen LogP contribution in [-0.4, -0.2) is 22.4 Å². The summed E-state index contributed by atoms with van der Waals surface area (Å²) in [5.74, 6) is 0.537. The number of fused-ring (bicyclic) bond motifs is 1. The average molecular weight is 330 g/mol. The van der Waals surface area contributed by atoms with Crippen molar-refractivity contribution in [2.45, 2.75) is 13.3 Å². The van der Waals surface area contributed by atoms with Crippen molar-refractivity contribution in [1.29, 1.82) is 0 Å². The van der Waals surface area contributed by atoms with Crippen molar-refractivity contribution in [3.05, 3.63) is 77.6 Å². The van der Waals surface area contributed by atoms with Gasteiger partial charge in [-0.15, -0.1) is 0 Å². The number of aryl methyl sites for hydroxylation is 1. The maximum atomic E-state index is 12.6. The number of carbonyl (C=O) groups excluding carboxylic acids is 1. The van der Waals surface area contributed by atoms with Crippen molar-refractivity contribution in [1.82, 2.24) is 9.97 Å². The van der Waals surface area contributed by atoms with Crippen LogP contribution in [0.15, 0.2) is 60.9 Å². The number of benzene rings is 2. The molecule has 0 spiro atoms. The molecule has 25 heavy (non-hydrogen) atoms. The summed E-state index contributed by atoms with van der Waals surface area (Å²) in [5.41, 5.74) is 4.75. The van der Waals surface area contributed by atoms with E-state index in [1.165, 1.54) is 5.56 Å². The van der Waals surface area contributed by atoms with Gasteiger partial charge in [0.15, 0.2) is 0 Å². The molecule has 1 aromatic heterocycles. The molecule has 2 aromatic carbocycles. The number of rotatable bonds is 3. The second-order valence-electron chi connectivity index (χ2n) is 6.09. The SMILES string of the molecule is Cc1cc2c(c(NC(=O)c3ccccc3)c1)N(c1ncccn1)CC2. The lowest BCUT2D eigenvalue weighted by Crippen LogP contribution is -2.19. The summed E-state index contributed by atoms with van der Waals surface area (Å²) in [6, 6.07) is 15.2. The number of nitrogens with one attached hydrogen (secondary N) is 1. The van der Waals surface area contributed by atoms with Crippen LogP contribution < -0.4 is 10.2 Å². The van der Waals surface area contributed by atoms with E-state index in [4.69, 9.17) is 0 Å². The lowest BCUT2D eigenvalue weighted by atomic mass is 10.1. The van der Waals surface area contributed by atoms with Gasteiger partial charge in [0.2, 0.25) is 5.95 Å². The maximum Gasteiger partial charge on any atom is 0.255 e. The summed E-state index contributed by atoms with van der Waals surface area (Å²) in [7, 11) is 0. The van der Waals surface area contributed by atoms with Crippen LogP contribution in [0.4, 0.5) is 17.3 Å². The van der Waals surface area contributed by atoms with E-state index in [2.05, 4.69) is 26.3 Å². The van der Waals surface area contributed by atoms with Crippen LogP contribution >= 0.6 is 0 Å². The quantitative estimate of drug-likeness (QED) is 0.795. The largest absolute Gasteiger partial charge is 0.320 e. The smallest absolute Gasteiger partial charge is 0.255 e. The predicted molar refractivity (Wildman–Crippen MR) is 98.3 cm³/mol. The van der Waals surface area contributed by atoms with Gasteiger partial charge >= 0.3 is 0 Å². The van der Waals surface area contributed by atoms with Gasteiger partial charge < -0.3 is 10.2 Å². The van der Waals surface area contributed by atoms with Crippen molar-refractivity contribution in [2.75, 3.05) is 16.8 Å². The molecule has 3 aromatic rings. The van der Waals surface area contributed by atoms with Crippen molar-refractivity contribution >= 4 is 23.2 Å². The molecule has 0 fully saturated rings. The van der Waals surface area contributed by atoms with E-state index in [1.807, 2.05) is 43.3 Å². The van der Waals surface area contributed by atoms with Crippen LogP contribution in [0.1, 0.15) is 21.5 Å². The third kappa shape index (κ3) is 2.96. The third-order valence-corrected chi connectivity index (χ3v) is 4.29. The van der Waals surface area contributed by atoms with Gasteiger partial charge in [-0.1, -0.05) is 24.3 Å². The van der Waals surface area contributed by atoms with Gasteiger partial charge in [0.25, 0.3) is 5.91 Å². The van der Waals surface area contributed by atoms with Crippen molar-refractivity contribution in [3.8, 4) is 0 Å². The Labute approximate surface area is 146 Å². The van der Waals surface area contributed by atoms with Crippen molar-refractivity contribution in [3.63, 3.8) is 0 Å². The molecule has 4 rings (SSSR count). The first-order valence-corrected chi connectivity index (χ1v) is 8.27. The highest BCUT2D eigenvalue weighted by Crippen LogP contribution is 2.40. The molecule has 0 radical (unpaired) electrons. The van der Waals surface area contributed by atoms with Crippen molar-refractivity contribution < 1.29 is 4.79 Å². The Morgan fingerprint density at radius 1 is 1.08 bits per heavy atom. The minimum Gasteiger partial charge on any atom is -0.320 e. The Hall–Kier alpha value is -3.21. The molecule has 0 aliphatic carbocycles. The van der Waals surface area contributed by atoms with Gasteiger partial charge in [-0.25, -0.2) is 9.97 Å². The lowest BCUT2D eigenvalue weighted by molar-refractivity contribution is 0.102. The molecule has 0 bridgehead atoms. The van der Waals surface area contributed by atoms with E-state index in [9.17, 15) is 4.79 Å². The summed E-state index contributed by atoms with van der Waals surface area (Å²) in [6.45, 7) is 2.84.